The average molecular weight is 217 g/mol. The van der Waals surface area contributed by atoms with E-state index >= 15 is 0 Å². The molecule has 1 aliphatic carbocycles. The first kappa shape index (κ1) is 8.98. The Hall–Kier alpha value is -0.110. The number of ketones is 1. The summed E-state index contributed by atoms with van der Waals surface area (Å²) in [5.74, 6) is 0.664. The molecule has 0 aromatic rings. The van der Waals surface area contributed by atoms with Gasteiger partial charge in [0.1, 0.15) is 5.78 Å². The van der Waals surface area contributed by atoms with Crippen molar-refractivity contribution in [3.8, 4) is 0 Å². The summed E-state index contributed by atoms with van der Waals surface area (Å²) in [6.45, 7) is 3.91. The van der Waals surface area contributed by atoms with Crippen molar-refractivity contribution >= 4 is 21.7 Å². The molecular formula is C9H13BrO. The van der Waals surface area contributed by atoms with Crippen molar-refractivity contribution in [2.45, 2.75) is 25.7 Å². The predicted octanol–water partition coefficient (Wildman–Crippen LogP) is 2.70. The summed E-state index contributed by atoms with van der Waals surface area (Å²) in [6.07, 6.45) is 4.12. The van der Waals surface area contributed by atoms with Crippen LogP contribution in [0.1, 0.15) is 25.7 Å². The lowest BCUT2D eigenvalue weighted by Gasteiger charge is -2.20. The van der Waals surface area contributed by atoms with E-state index in [2.05, 4.69) is 22.5 Å². The van der Waals surface area contributed by atoms with Crippen LogP contribution in [0.4, 0.5) is 0 Å². The van der Waals surface area contributed by atoms with Gasteiger partial charge in [0.15, 0.2) is 0 Å². The third kappa shape index (κ3) is 2.44. The minimum Gasteiger partial charge on any atom is -0.298 e. The van der Waals surface area contributed by atoms with Gasteiger partial charge in [0.25, 0.3) is 0 Å². The zero-order valence-electron chi connectivity index (χ0n) is 6.61. The standard InChI is InChI=1S/C9H13BrO/c1-7-2-4-8(5-3-7)9(11)6-10/h8H,1-6H2. The van der Waals surface area contributed by atoms with Gasteiger partial charge in [-0.2, -0.15) is 0 Å². The summed E-state index contributed by atoms with van der Waals surface area (Å²) >= 11 is 3.19. The molecule has 0 bridgehead atoms. The number of halogens is 1. The second kappa shape index (κ2) is 4.05. The van der Waals surface area contributed by atoms with Crippen molar-refractivity contribution in [1.29, 1.82) is 0 Å². The largest absolute Gasteiger partial charge is 0.298 e. The molecule has 0 N–H and O–H groups in total. The van der Waals surface area contributed by atoms with Gasteiger partial charge in [0.05, 0.1) is 5.33 Å². The fourth-order valence-corrected chi connectivity index (χ4v) is 1.91. The van der Waals surface area contributed by atoms with E-state index < -0.39 is 0 Å². The van der Waals surface area contributed by atoms with Crippen LogP contribution in [0.5, 0.6) is 0 Å². The Morgan fingerprint density at radius 2 is 2.09 bits per heavy atom. The van der Waals surface area contributed by atoms with E-state index in [4.69, 9.17) is 0 Å². The Morgan fingerprint density at radius 3 is 2.55 bits per heavy atom. The highest BCUT2D eigenvalue weighted by atomic mass is 79.9. The van der Waals surface area contributed by atoms with Gasteiger partial charge < -0.3 is 0 Å². The van der Waals surface area contributed by atoms with Gasteiger partial charge in [-0.1, -0.05) is 28.1 Å². The van der Waals surface area contributed by atoms with Crippen molar-refractivity contribution in [1.82, 2.24) is 0 Å². The zero-order valence-corrected chi connectivity index (χ0v) is 8.19. The van der Waals surface area contributed by atoms with Crippen molar-refractivity contribution < 1.29 is 4.79 Å². The maximum atomic E-state index is 11.2. The molecule has 1 fully saturated rings. The van der Waals surface area contributed by atoms with Gasteiger partial charge in [-0.3, -0.25) is 4.79 Å². The third-order valence-electron chi connectivity index (χ3n) is 2.28. The monoisotopic (exact) mass is 216 g/mol. The predicted molar refractivity (Wildman–Crippen MR) is 49.9 cm³/mol. The van der Waals surface area contributed by atoms with Crippen LogP contribution in [0.25, 0.3) is 0 Å². The van der Waals surface area contributed by atoms with E-state index in [0.717, 1.165) is 25.7 Å². The molecule has 1 aliphatic rings. The third-order valence-corrected chi connectivity index (χ3v) is 2.83. The highest BCUT2D eigenvalue weighted by Crippen LogP contribution is 2.27. The van der Waals surface area contributed by atoms with Crippen molar-refractivity contribution in [2.24, 2.45) is 5.92 Å². The quantitative estimate of drug-likeness (QED) is 0.513. The first-order valence-corrected chi connectivity index (χ1v) is 5.11. The molecule has 0 saturated heterocycles. The Morgan fingerprint density at radius 1 is 1.55 bits per heavy atom. The van der Waals surface area contributed by atoms with E-state index in [1.165, 1.54) is 5.57 Å². The van der Waals surface area contributed by atoms with Crippen LogP contribution in [0.3, 0.4) is 0 Å². The van der Waals surface area contributed by atoms with Crippen LogP contribution in [0.15, 0.2) is 12.2 Å². The van der Waals surface area contributed by atoms with Crippen LogP contribution >= 0.6 is 15.9 Å². The topological polar surface area (TPSA) is 17.1 Å². The van der Waals surface area contributed by atoms with E-state index in [9.17, 15) is 4.79 Å². The molecule has 0 aromatic carbocycles. The second-order valence-corrected chi connectivity index (χ2v) is 3.68. The van der Waals surface area contributed by atoms with Gasteiger partial charge in [0.2, 0.25) is 0 Å². The fraction of sp³-hybridized carbons (Fsp3) is 0.667. The maximum absolute atomic E-state index is 11.2. The Labute approximate surface area is 76.0 Å². The van der Waals surface area contributed by atoms with Gasteiger partial charge in [-0.25, -0.2) is 0 Å². The van der Waals surface area contributed by atoms with Crippen molar-refractivity contribution in [3.05, 3.63) is 12.2 Å². The summed E-state index contributed by atoms with van der Waals surface area (Å²) in [5, 5.41) is 0.518. The number of allylic oxidation sites excluding steroid dienone is 1. The Bertz CT molecular complexity index is 164. The fourth-order valence-electron chi connectivity index (χ4n) is 1.46. The molecule has 11 heavy (non-hydrogen) atoms. The molecule has 1 rings (SSSR count). The smallest absolute Gasteiger partial charge is 0.146 e. The van der Waals surface area contributed by atoms with Crippen LogP contribution in [-0.4, -0.2) is 11.1 Å². The highest BCUT2D eigenvalue weighted by Gasteiger charge is 2.20. The number of hydrogen-bond acceptors (Lipinski definition) is 1. The van der Waals surface area contributed by atoms with Gasteiger partial charge in [-0.05, 0) is 25.7 Å². The number of carbonyl (C=O) groups is 1. The molecule has 0 unspecified atom stereocenters. The molecule has 1 saturated carbocycles. The maximum Gasteiger partial charge on any atom is 0.146 e. The number of rotatable bonds is 2. The Balaban J connectivity index is 2.39. The lowest BCUT2D eigenvalue weighted by Crippen LogP contribution is -2.19. The lowest BCUT2D eigenvalue weighted by molar-refractivity contribution is -0.120. The molecule has 0 spiro atoms. The van der Waals surface area contributed by atoms with Crippen molar-refractivity contribution in [2.75, 3.05) is 5.33 Å². The summed E-state index contributed by atoms with van der Waals surface area (Å²) < 4.78 is 0. The minimum absolute atomic E-state index is 0.305. The van der Waals surface area contributed by atoms with E-state index in [1.807, 2.05) is 0 Å². The lowest BCUT2D eigenvalue weighted by atomic mass is 9.84. The van der Waals surface area contributed by atoms with E-state index in [0.29, 0.717) is 17.0 Å². The number of carbonyl (C=O) groups excluding carboxylic acids is 1. The Kier molecular flexibility index (Phi) is 3.31. The molecule has 0 amide bonds. The molecule has 2 heteroatoms. The summed E-state index contributed by atoms with van der Waals surface area (Å²) in [5.41, 5.74) is 1.31. The second-order valence-electron chi connectivity index (χ2n) is 3.12. The molecule has 1 nitrogen and oxygen atoms in total. The molecular weight excluding hydrogens is 204 g/mol. The zero-order chi connectivity index (χ0) is 8.27. The molecule has 0 aromatic heterocycles. The molecule has 0 atom stereocenters. The molecule has 62 valence electrons. The van der Waals surface area contributed by atoms with E-state index in [-0.39, 0.29) is 0 Å². The summed E-state index contributed by atoms with van der Waals surface area (Å²) in [4.78, 5) is 11.2. The average Bonchev–Trinajstić information content (AvgIpc) is 2.05. The SMILES string of the molecule is C=C1CCC(C(=O)CBr)CC1. The molecule has 0 aliphatic heterocycles. The number of hydrogen-bond donors (Lipinski definition) is 0. The first-order chi connectivity index (χ1) is 5.24. The summed E-state index contributed by atoms with van der Waals surface area (Å²) in [6, 6.07) is 0. The normalized spacial score (nSPS) is 20.3. The first-order valence-electron chi connectivity index (χ1n) is 3.99. The van der Waals surface area contributed by atoms with Crippen LogP contribution in [0.2, 0.25) is 0 Å². The number of alkyl halides is 1. The summed E-state index contributed by atoms with van der Waals surface area (Å²) in [7, 11) is 0. The van der Waals surface area contributed by atoms with E-state index in [1.54, 1.807) is 0 Å². The van der Waals surface area contributed by atoms with Crippen LogP contribution < -0.4 is 0 Å². The van der Waals surface area contributed by atoms with Gasteiger partial charge >= 0.3 is 0 Å². The number of Topliss-reactive ketones (excluding diaryl/α,β-unsaturated/α-hetero) is 1. The van der Waals surface area contributed by atoms with Gasteiger partial charge in [-0.15, -0.1) is 0 Å². The minimum atomic E-state index is 0.305. The van der Waals surface area contributed by atoms with Crippen LogP contribution in [0, 0.1) is 5.92 Å². The molecule has 0 radical (unpaired) electrons. The van der Waals surface area contributed by atoms with Crippen molar-refractivity contribution in [3.63, 3.8) is 0 Å². The van der Waals surface area contributed by atoms with Crippen LogP contribution in [-0.2, 0) is 4.79 Å². The van der Waals surface area contributed by atoms with Gasteiger partial charge in [0, 0.05) is 5.92 Å². The molecule has 0 heterocycles. The highest BCUT2D eigenvalue weighted by molar-refractivity contribution is 9.09.